The minimum Gasteiger partial charge on any atom is -0.313 e. The average molecular weight is 212 g/mol. The number of hydrogen-bond acceptors (Lipinski definition) is 2. The zero-order valence-electron chi connectivity index (χ0n) is 10.9. The molecule has 1 saturated carbocycles. The van der Waals surface area contributed by atoms with E-state index in [1.807, 2.05) is 0 Å². The van der Waals surface area contributed by atoms with Crippen molar-refractivity contribution in [1.82, 2.24) is 10.2 Å². The maximum Gasteiger partial charge on any atom is 0.0220 e. The summed E-state index contributed by atoms with van der Waals surface area (Å²) in [4.78, 5) is 2.65. The lowest BCUT2D eigenvalue weighted by molar-refractivity contribution is 0.212. The van der Waals surface area contributed by atoms with Crippen molar-refractivity contribution in [3.63, 3.8) is 0 Å². The molecule has 1 N–H and O–H groups in total. The molecule has 1 fully saturated rings. The van der Waals surface area contributed by atoms with Gasteiger partial charge in [-0.15, -0.1) is 0 Å². The minimum atomic E-state index is 0.681. The second-order valence-corrected chi connectivity index (χ2v) is 4.87. The monoisotopic (exact) mass is 212 g/mol. The van der Waals surface area contributed by atoms with E-state index in [-0.39, 0.29) is 0 Å². The van der Waals surface area contributed by atoms with E-state index in [2.05, 4.69) is 37.9 Å². The lowest BCUT2D eigenvalue weighted by atomic mass is 9.98. The van der Waals surface area contributed by atoms with E-state index >= 15 is 0 Å². The maximum absolute atomic E-state index is 3.64. The lowest BCUT2D eigenvalue weighted by Crippen LogP contribution is -2.45. The van der Waals surface area contributed by atoms with Gasteiger partial charge in [0.25, 0.3) is 0 Å². The van der Waals surface area contributed by atoms with Gasteiger partial charge < -0.3 is 5.32 Å². The van der Waals surface area contributed by atoms with Crippen molar-refractivity contribution in [3.05, 3.63) is 0 Å². The second-order valence-electron chi connectivity index (χ2n) is 4.87. The van der Waals surface area contributed by atoms with Crippen molar-refractivity contribution < 1.29 is 0 Å². The Bertz CT molecular complexity index is 166. The molecule has 0 radical (unpaired) electrons. The van der Waals surface area contributed by atoms with Gasteiger partial charge in [-0.25, -0.2) is 0 Å². The Kier molecular flexibility index (Phi) is 5.62. The number of likely N-dealkylation sites (N-methyl/N-ethyl adjacent to an activating group) is 2. The summed E-state index contributed by atoms with van der Waals surface area (Å²) in [6, 6.07) is 1.58. The first-order valence-electron chi connectivity index (χ1n) is 6.70. The van der Waals surface area contributed by atoms with Gasteiger partial charge in [0.1, 0.15) is 0 Å². The molecule has 15 heavy (non-hydrogen) atoms. The first kappa shape index (κ1) is 13.0. The maximum atomic E-state index is 3.64. The second kappa shape index (κ2) is 6.49. The summed E-state index contributed by atoms with van der Waals surface area (Å²) in [6.07, 6.45) is 4.13. The normalized spacial score (nSPS) is 20.6. The smallest absolute Gasteiger partial charge is 0.0220 e. The highest BCUT2D eigenvalue weighted by Crippen LogP contribution is 2.27. The highest BCUT2D eigenvalue weighted by atomic mass is 15.2. The van der Waals surface area contributed by atoms with Crippen LogP contribution in [0.15, 0.2) is 0 Å². The van der Waals surface area contributed by atoms with E-state index < -0.39 is 0 Å². The molecule has 0 aliphatic heterocycles. The third-order valence-corrected chi connectivity index (χ3v) is 3.70. The van der Waals surface area contributed by atoms with Gasteiger partial charge in [0.15, 0.2) is 0 Å². The van der Waals surface area contributed by atoms with Crippen LogP contribution in [0.2, 0.25) is 0 Å². The Morgan fingerprint density at radius 1 is 1.27 bits per heavy atom. The highest BCUT2D eigenvalue weighted by Gasteiger charge is 2.30. The molecule has 2 atom stereocenters. The van der Waals surface area contributed by atoms with Crippen LogP contribution in [0, 0.1) is 5.92 Å². The molecule has 0 aromatic rings. The fourth-order valence-corrected chi connectivity index (χ4v) is 2.22. The van der Waals surface area contributed by atoms with Gasteiger partial charge in [-0.2, -0.15) is 0 Å². The molecule has 0 bridgehead atoms. The van der Waals surface area contributed by atoms with Gasteiger partial charge >= 0.3 is 0 Å². The lowest BCUT2D eigenvalue weighted by Gasteiger charge is -2.30. The predicted octanol–water partition coefficient (Wildman–Crippen LogP) is 2.49. The molecular weight excluding hydrogens is 184 g/mol. The van der Waals surface area contributed by atoms with E-state index in [4.69, 9.17) is 0 Å². The van der Waals surface area contributed by atoms with Crippen molar-refractivity contribution in [3.8, 4) is 0 Å². The van der Waals surface area contributed by atoms with Crippen molar-refractivity contribution >= 4 is 0 Å². The van der Waals surface area contributed by atoms with Crippen molar-refractivity contribution in [2.24, 2.45) is 5.92 Å². The third-order valence-electron chi connectivity index (χ3n) is 3.70. The van der Waals surface area contributed by atoms with Crippen LogP contribution in [0.25, 0.3) is 0 Å². The van der Waals surface area contributed by atoms with Crippen molar-refractivity contribution in [1.29, 1.82) is 0 Å². The van der Waals surface area contributed by atoms with Crippen LogP contribution >= 0.6 is 0 Å². The SMILES string of the molecule is CCNC(CN(CC)C1CC1)C(C)CC. The molecule has 0 aromatic carbocycles. The molecule has 2 heteroatoms. The summed E-state index contributed by atoms with van der Waals surface area (Å²) < 4.78 is 0. The van der Waals surface area contributed by atoms with Gasteiger partial charge in [-0.05, 0) is 31.8 Å². The first-order valence-corrected chi connectivity index (χ1v) is 6.70. The summed E-state index contributed by atoms with van der Waals surface area (Å²) in [5, 5.41) is 3.64. The number of nitrogens with zero attached hydrogens (tertiary/aromatic N) is 1. The average Bonchev–Trinajstić information content (AvgIpc) is 3.07. The van der Waals surface area contributed by atoms with E-state index in [9.17, 15) is 0 Å². The molecule has 0 spiro atoms. The minimum absolute atomic E-state index is 0.681. The molecule has 0 aromatic heterocycles. The number of rotatable bonds is 8. The topological polar surface area (TPSA) is 15.3 Å². The number of hydrogen-bond donors (Lipinski definition) is 1. The summed E-state index contributed by atoms with van der Waals surface area (Å²) in [6.45, 7) is 12.7. The van der Waals surface area contributed by atoms with Gasteiger partial charge in [0, 0.05) is 18.6 Å². The Balaban J connectivity index is 2.40. The van der Waals surface area contributed by atoms with Crippen molar-refractivity contribution in [2.75, 3.05) is 19.6 Å². The predicted molar refractivity (Wildman–Crippen MR) is 67.2 cm³/mol. The summed E-state index contributed by atoms with van der Waals surface area (Å²) in [5.41, 5.74) is 0. The zero-order valence-corrected chi connectivity index (χ0v) is 10.9. The van der Waals surface area contributed by atoms with Crippen LogP contribution in [0.5, 0.6) is 0 Å². The van der Waals surface area contributed by atoms with Crippen LogP contribution in [-0.2, 0) is 0 Å². The van der Waals surface area contributed by atoms with Crippen LogP contribution in [-0.4, -0.2) is 36.6 Å². The van der Waals surface area contributed by atoms with Gasteiger partial charge in [-0.3, -0.25) is 4.90 Å². The fourth-order valence-electron chi connectivity index (χ4n) is 2.22. The van der Waals surface area contributed by atoms with Gasteiger partial charge in [0.2, 0.25) is 0 Å². The van der Waals surface area contributed by atoms with Crippen molar-refractivity contribution in [2.45, 2.75) is 59.0 Å². The molecule has 0 heterocycles. The molecule has 1 aliphatic rings. The van der Waals surface area contributed by atoms with E-state index in [0.717, 1.165) is 18.5 Å². The fraction of sp³-hybridized carbons (Fsp3) is 1.00. The van der Waals surface area contributed by atoms with Gasteiger partial charge in [-0.1, -0.05) is 34.1 Å². The Hall–Kier alpha value is -0.0800. The van der Waals surface area contributed by atoms with E-state index in [0.29, 0.717) is 6.04 Å². The molecule has 2 nitrogen and oxygen atoms in total. The third kappa shape index (κ3) is 4.12. The number of nitrogens with one attached hydrogen (secondary N) is 1. The standard InChI is InChI=1S/C13H28N2/c1-5-11(4)13(14-6-2)10-15(7-3)12-8-9-12/h11-14H,5-10H2,1-4H3. The molecule has 2 unspecified atom stereocenters. The Morgan fingerprint density at radius 3 is 2.33 bits per heavy atom. The Morgan fingerprint density at radius 2 is 1.93 bits per heavy atom. The van der Waals surface area contributed by atoms with Crippen LogP contribution in [0.3, 0.4) is 0 Å². The van der Waals surface area contributed by atoms with Crippen LogP contribution < -0.4 is 5.32 Å². The molecular formula is C13H28N2. The quantitative estimate of drug-likeness (QED) is 0.665. The molecule has 90 valence electrons. The summed E-state index contributed by atoms with van der Waals surface area (Å²) >= 11 is 0. The molecule has 1 aliphatic carbocycles. The Labute approximate surface area is 95.4 Å². The van der Waals surface area contributed by atoms with E-state index in [1.165, 1.54) is 32.4 Å². The molecule has 0 amide bonds. The largest absolute Gasteiger partial charge is 0.313 e. The van der Waals surface area contributed by atoms with Crippen LogP contribution in [0.4, 0.5) is 0 Å². The summed E-state index contributed by atoms with van der Waals surface area (Å²) in [7, 11) is 0. The van der Waals surface area contributed by atoms with Crippen LogP contribution in [0.1, 0.15) is 47.0 Å². The van der Waals surface area contributed by atoms with Gasteiger partial charge in [0.05, 0.1) is 0 Å². The molecule has 0 saturated heterocycles. The zero-order chi connectivity index (χ0) is 11.3. The highest BCUT2D eigenvalue weighted by molar-refractivity contribution is 4.87. The summed E-state index contributed by atoms with van der Waals surface area (Å²) in [5.74, 6) is 0.790. The van der Waals surface area contributed by atoms with E-state index in [1.54, 1.807) is 0 Å². The first-order chi connectivity index (χ1) is 7.22. The molecule has 1 rings (SSSR count).